The number of morpholine rings is 1. The number of nitrogens with zero attached hydrogens (tertiary/aromatic N) is 2. The zero-order chi connectivity index (χ0) is 23.1. The summed E-state index contributed by atoms with van der Waals surface area (Å²) in [6.07, 6.45) is 0.779. The number of sulfonamides is 1. The number of carbonyl (C=O) groups is 1. The summed E-state index contributed by atoms with van der Waals surface area (Å²) in [5, 5.41) is 2.85. The van der Waals surface area contributed by atoms with Crippen LogP contribution < -0.4 is 19.1 Å². The normalized spacial score (nSPS) is 16.2. The van der Waals surface area contributed by atoms with Crippen molar-refractivity contribution >= 4 is 21.6 Å². The van der Waals surface area contributed by atoms with Crippen molar-refractivity contribution in [3.05, 3.63) is 48.5 Å². The van der Waals surface area contributed by atoms with Crippen molar-refractivity contribution in [2.75, 3.05) is 63.5 Å². The molecule has 0 saturated carbocycles. The molecule has 0 aromatic heterocycles. The topological polar surface area (TPSA) is 97.4 Å². The molecular weight excluding hydrogens is 446 g/mol. The smallest absolute Gasteiger partial charge is 0.264 e. The first-order chi connectivity index (χ1) is 16.0. The summed E-state index contributed by atoms with van der Waals surface area (Å²) in [6.45, 7) is 5.05. The fourth-order valence-electron chi connectivity index (χ4n) is 3.76. The Morgan fingerprint density at radius 3 is 2.45 bits per heavy atom. The largest absolute Gasteiger partial charge is 0.486 e. The van der Waals surface area contributed by atoms with Crippen LogP contribution in [-0.2, 0) is 19.6 Å². The van der Waals surface area contributed by atoms with E-state index < -0.39 is 10.0 Å². The molecule has 2 aliphatic rings. The first-order valence-electron chi connectivity index (χ1n) is 11.1. The van der Waals surface area contributed by atoms with Gasteiger partial charge >= 0.3 is 0 Å². The molecule has 10 heteroatoms. The summed E-state index contributed by atoms with van der Waals surface area (Å²) in [5.41, 5.74) is 0.339. The van der Waals surface area contributed by atoms with E-state index in [-0.39, 0.29) is 17.3 Å². The maximum absolute atomic E-state index is 13.4. The van der Waals surface area contributed by atoms with Crippen LogP contribution in [0.25, 0.3) is 0 Å². The third-order valence-corrected chi connectivity index (χ3v) is 7.30. The van der Waals surface area contributed by atoms with Crippen molar-refractivity contribution in [1.29, 1.82) is 0 Å². The van der Waals surface area contributed by atoms with E-state index in [0.29, 0.717) is 36.9 Å². The van der Waals surface area contributed by atoms with Crippen LogP contribution in [0.1, 0.15) is 6.42 Å². The zero-order valence-electron chi connectivity index (χ0n) is 18.4. The molecular formula is C23H29N3O6S. The van der Waals surface area contributed by atoms with Crippen molar-refractivity contribution in [2.45, 2.75) is 11.3 Å². The van der Waals surface area contributed by atoms with Gasteiger partial charge < -0.3 is 19.5 Å². The highest BCUT2D eigenvalue weighted by atomic mass is 32.2. The van der Waals surface area contributed by atoms with Gasteiger partial charge in [0.05, 0.1) is 23.8 Å². The average molecular weight is 476 g/mol. The van der Waals surface area contributed by atoms with Crippen LogP contribution in [0.2, 0.25) is 0 Å². The summed E-state index contributed by atoms with van der Waals surface area (Å²) in [6, 6.07) is 13.0. The second kappa shape index (κ2) is 10.9. The molecule has 1 N–H and O–H groups in total. The minimum atomic E-state index is -3.97. The Hall–Kier alpha value is -2.82. The minimum absolute atomic E-state index is 0.111. The molecule has 4 rings (SSSR count). The number of anilines is 1. The van der Waals surface area contributed by atoms with E-state index in [0.717, 1.165) is 43.6 Å². The molecule has 1 fully saturated rings. The number of hydrogen-bond donors (Lipinski definition) is 1. The molecule has 0 radical (unpaired) electrons. The maximum atomic E-state index is 13.4. The lowest BCUT2D eigenvalue weighted by Gasteiger charge is -2.27. The van der Waals surface area contributed by atoms with Crippen LogP contribution in [0.5, 0.6) is 11.5 Å². The molecule has 178 valence electrons. The van der Waals surface area contributed by atoms with E-state index in [4.69, 9.17) is 14.2 Å². The van der Waals surface area contributed by atoms with Gasteiger partial charge in [0.1, 0.15) is 19.8 Å². The van der Waals surface area contributed by atoms with Gasteiger partial charge in [-0.1, -0.05) is 18.2 Å². The van der Waals surface area contributed by atoms with E-state index in [1.54, 1.807) is 36.4 Å². The summed E-state index contributed by atoms with van der Waals surface area (Å²) >= 11 is 0. The SMILES string of the molecule is O=C(CN(c1ccc2c(c1)OCCO2)S(=O)(=O)c1ccccc1)NCCCN1CCOCC1. The third kappa shape index (κ3) is 5.95. The summed E-state index contributed by atoms with van der Waals surface area (Å²) in [4.78, 5) is 15.1. The van der Waals surface area contributed by atoms with Crippen molar-refractivity contribution in [1.82, 2.24) is 10.2 Å². The van der Waals surface area contributed by atoms with E-state index in [9.17, 15) is 13.2 Å². The minimum Gasteiger partial charge on any atom is -0.486 e. The number of carbonyl (C=O) groups excluding carboxylic acids is 1. The quantitative estimate of drug-likeness (QED) is 0.549. The number of benzene rings is 2. The van der Waals surface area contributed by atoms with Crippen molar-refractivity contribution in [3.63, 3.8) is 0 Å². The monoisotopic (exact) mass is 475 g/mol. The average Bonchev–Trinajstić information content (AvgIpc) is 2.86. The van der Waals surface area contributed by atoms with Gasteiger partial charge in [0, 0.05) is 25.7 Å². The van der Waals surface area contributed by atoms with Gasteiger partial charge in [-0.2, -0.15) is 0 Å². The van der Waals surface area contributed by atoms with E-state index in [2.05, 4.69) is 10.2 Å². The van der Waals surface area contributed by atoms with Crippen molar-refractivity contribution in [3.8, 4) is 11.5 Å². The van der Waals surface area contributed by atoms with Crippen molar-refractivity contribution in [2.24, 2.45) is 0 Å². The number of amides is 1. The van der Waals surface area contributed by atoms with Crippen LogP contribution in [0, 0.1) is 0 Å². The van der Waals surface area contributed by atoms with Gasteiger partial charge in [-0.3, -0.25) is 14.0 Å². The van der Waals surface area contributed by atoms with Gasteiger partial charge in [0.25, 0.3) is 10.0 Å². The summed E-state index contributed by atoms with van der Waals surface area (Å²) in [7, 11) is -3.97. The Balaban J connectivity index is 1.46. The van der Waals surface area contributed by atoms with Gasteiger partial charge in [-0.15, -0.1) is 0 Å². The van der Waals surface area contributed by atoms with E-state index >= 15 is 0 Å². The molecule has 9 nitrogen and oxygen atoms in total. The second-order valence-corrected chi connectivity index (χ2v) is 9.67. The molecule has 1 amide bonds. The lowest BCUT2D eigenvalue weighted by atomic mass is 10.2. The third-order valence-electron chi connectivity index (χ3n) is 5.51. The number of rotatable bonds is 9. The lowest BCUT2D eigenvalue weighted by molar-refractivity contribution is -0.119. The van der Waals surface area contributed by atoms with Gasteiger partial charge in [-0.25, -0.2) is 8.42 Å². The standard InChI is InChI=1S/C23H29N3O6S/c27-23(24-9-4-10-25-11-13-30-14-12-25)18-26(33(28,29)20-5-2-1-3-6-20)19-7-8-21-22(17-19)32-16-15-31-21/h1-3,5-8,17H,4,9-16,18H2,(H,24,27). The van der Waals surface area contributed by atoms with Crippen LogP contribution in [-0.4, -0.2) is 78.4 Å². The fourth-order valence-corrected chi connectivity index (χ4v) is 5.20. The molecule has 0 spiro atoms. The van der Waals surface area contributed by atoms with Crippen molar-refractivity contribution < 1.29 is 27.4 Å². The Bertz CT molecular complexity index is 1040. The van der Waals surface area contributed by atoms with Crippen LogP contribution >= 0.6 is 0 Å². The Morgan fingerprint density at radius 2 is 1.70 bits per heavy atom. The first-order valence-corrected chi connectivity index (χ1v) is 12.5. The molecule has 2 aromatic carbocycles. The van der Waals surface area contributed by atoms with Crippen LogP contribution in [0.3, 0.4) is 0 Å². The molecule has 2 aliphatic heterocycles. The lowest BCUT2D eigenvalue weighted by Crippen LogP contribution is -2.42. The Labute approximate surface area is 194 Å². The molecule has 0 unspecified atom stereocenters. The predicted octanol–water partition coefficient (Wildman–Crippen LogP) is 1.49. The second-order valence-electron chi connectivity index (χ2n) is 7.81. The number of fused-ring (bicyclic) bond motifs is 1. The molecule has 2 aromatic rings. The number of ether oxygens (including phenoxy) is 3. The number of hydrogen-bond acceptors (Lipinski definition) is 7. The Morgan fingerprint density at radius 1 is 0.970 bits per heavy atom. The summed E-state index contributed by atoms with van der Waals surface area (Å²) < 4.78 is 44.5. The van der Waals surface area contributed by atoms with E-state index in [1.807, 2.05) is 0 Å². The van der Waals surface area contributed by atoms with Gasteiger partial charge in [0.2, 0.25) is 5.91 Å². The van der Waals surface area contributed by atoms with Gasteiger partial charge in [-0.05, 0) is 37.2 Å². The highest BCUT2D eigenvalue weighted by molar-refractivity contribution is 7.92. The first kappa shape index (κ1) is 23.3. The number of nitrogens with one attached hydrogen (secondary N) is 1. The maximum Gasteiger partial charge on any atom is 0.264 e. The Kier molecular flexibility index (Phi) is 7.69. The van der Waals surface area contributed by atoms with Gasteiger partial charge in [0.15, 0.2) is 11.5 Å². The highest BCUT2D eigenvalue weighted by Gasteiger charge is 2.28. The molecule has 0 bridgehead atoms. The molecule has 0 atom stereocenters. The highest BCUT2D eigenvalue weighted by Crippen LogP contribution is 2.35. The zero-order valence-corrected chi connectivity index (χ0v) is 19.3. The molecule has 2 heterocycles. The summed E-state index contributed by atoms with van der Waals surface area (Å²) in [5.74, 6) is 0.638. The van der Waals surface area contributed by atoms with Crippen LogP contribution in [0.15, 0.2) is 53.4 Å². The predicted molar refractivity (Wildman–Crippen MR) is 123 cm³/mol. The molecule has 33 heavy (non-hydrogen) atoms. The van der Waals surface area contributed by atoms with E-state index in [1.165, 1.54) is 12.1 Å². The fraction of sp³-hybridized carbons (Fsp3) is 0.435. The molecule has 1 saturated heterocycles. The van der Waals surface area contributed by atoms with Crippen LogP contribution in [0.4, 0.5) is 5.69 Å². The molecule has 0 aliphatic carbocycles.